The molecule has 1 fully saturated rings. The van der Waals surface area contributed by atoms with E-state index in [0.717, 1.165) is 25.3 Å². The van der Waals surface area contributed by atoms with E-state index in [9.17, 15) is 0 Å². The van der Waals surface area contributed by atoms with Gasteiger partial charge in [-0.25, -0.2) is 0 Å². The third kappa shape index (κ3) is 5.06. The van der Waals surface area contributed by atoms with Crippen LogP contribution in [0.5, 0.6) is 5.75 Å². The zero-order valence-electron chi connectivity index (χ0n) is 18.6. The number of hydrogen-bond donors (Lipinski definition) is 0. The molecular formula is C29H31NOS. The summed E-state index contributed by atoms with van der Waals surface area (Å²) in [6.45, 7) is 4.25. The fourth-order valence-electron chi connectivity index (χ4n) is 4.66. The van der Waals surface area contributed by atoms with Crippen molar-refractivity contribution in [2.24, 2.45) is 0 Å². The van der Waals surface area contributed by atoms with Crippen LogP contribution >= 0.6 is 11.3 Å². The average Bonchev–Trinajstić information content (AvgIpc) is 3.00. The normalized spacial score (nSPS) is 15.0. The summed E-state index contributed by atoms with van der Waals surface area (Å²) in [4.78, 5) is 3.93. The highest BCUT2D eigenvalue weighted by Gasteiger charge is 2.14. The van der Waals surface area contributed by atoms with Crippen molar-refractivity contribution in [3.05, 3.63) is 90.0 Å². The molecule has 0 atom stereocenters. The molecular weight excluding hydrogens is 410 g/mol. The highest BCUT2D eigenvalue weighted by atomic mass is 32.1. The molecule has 0 bridgehead atoms. The zero-order valence-corrected chi connectivity index (χ0v) is 19.4. The summed E-state index contributed by atoms with van der Waals surface area (Å²) in [6, 6.07) is 28.3. The Morgan fingerprint density at radius 3 is 2.25 bits per heavy atom. The fourth-order valence-corrected chi connectivity index (χ4v) is 5.88. The summed E-state index contributed by atoms with van der Waals surface area (Å²) in [6.07, 6.45) is 6.35. The Hall–Kier alpha value is -2.62. The Kier molecular flexibility index (Phi) is 6.86. The van der Waals surface area contributed by atoms with Crippen molar-refractivity contribution in [3.63, 3.8) is 0 Å². The number of benzene rings is 3. The van der Waals surface area contributed by atoms with Gasteiger partial charge in [0.15, 0.2) is 0 Å². The number of likely N-dealkylation sites (tertiary alicyclic amines) is 1. The first-order valence-corrected chi connectivity index (χ1v) is 12.7. The van der Waals surface area contributed by atoms with Gasteiger partial charge in [-0.1, -0.05) is 73.5 Å². The van der Waals surface area contributed by atoms with Crippen molar-refractivity contribution in [2.75, 3.05) is 26.2 Å². The van der Waals surface area contributed by atoms with E-state index in [2.05, 4.69) is 83.8 Å². The van der Waals surface area contributed by atoms with Gasteiger partial charge in [0.1, 0.15) is 12.4 Å². The standard InChI is InChI=1S/C29H31NOS/c1-2-9-19-30(18-8-1)20-21-31-25-16-14-23(15-17-25)22-27-26-12-6-7-13-28(26)32-29(27)24-10-4-3-5-11-24/h3-7,10-17H,1-2,8-9,18-22H2. The van der Waals surface area contributed by atoms with Gasteiger partial charge < -0.3 is 4.74 Å². The second-order valence-corrected chi connectivity index (χ2v) is 9.75. The van der Waals surface area contributed by atoms with E-state index in [1.54, 1.807) is 0 Å². The molecule has 0 aliphatic carbocycles. The number of ether oxygens (including phenoxy) is 1. The van der Waals surface area contributed by atoms with Crippen molar-refractivity contribution in [2.45, 2.75) is 32.1 Å². The van der Waals surface area contributed by atoms with Gasteiger partial charge in [0.05, 0.1) is 0 Å². The maximum absolute atomic E-state index is 6.06. The van der Waals surface area contributed by atoms with Gasteiger partial charge in [-0.2, -0.15) is 0 Å². The molecule has 0 spiro atoms. The van der Waals surface area contributed by atoms with Crippen molar-refractivity contribution in [1.82, 2.24) is 4.90 Å². The van der Waals surface area contributed by atoms with E-state index >= 15 is 0 Å². The predicted molar refractivity (Wildman–Crippen MR) is 137 cm³/mol. The molecule has 0 saturated carbocycles. The molecule has 2 heterocycles. The first kappa shape index (κ1) is 21.2. The van der Waals surface area contributed by atoms with E-state index in [-0.39, 0.29) is 0 Å². The van der Waals surface area contributed by atoms with Crippen LogP contribution in [0.15, 0.2) is 78.9 Å². The second kappa shape index (κ2) is 10.3. The molecule has 3 heteroatoms. The maximum atomic E-state index is 6.06. The first-order valence-electron chi connectivity index (χ1n) is 11.9. The molecule has 0 amide bonds. The molecule has 1 aromatic heterocycles. The van der Waals surface area contributed by atoms with Crippen LogP contribution < -0.4 is 4.74 Å². The van der Waals surface area contributed by atoms with Crippen LogP contribution in [-0.4, -0.2) is 31.1 Å². The smallest absolute Gasteiger partial charge is 0.119 e. The molecule has 0 unspecified atom stereocenters. The van der Waals surface area contributed by atoms with Gasteiger partial charge >= 0.3 is 0 Å². The first-order chi connectivity index (χ1) is 15.9. The molecule has 0 radical (unpaired) electrons. The summed E-state index contributed by atoms with van der Waals surface area (Å²) < 4.78 is 7.42. The van der Waals surface area contributed by atoms with E-state index in [0.29, 0.717) is 0 Å². The number of thiophene rings is 1. The average molecular weight is 442 g/mol. The zero-order chi connectivity index (χ0) is 21.6. The van der Waals surface area contributed by atoms with E-state index in [4.69, 9.17) is 4.74 Å². The van der Waals surface area contributed by atoms with Crippen LogP contribution in [0, 0.1) is 0 Å². The molecule has 32 heavy (non-hydrogen) atoms. The summed E-state index contributed by atoms with van der Waals surface area (Å²) >= 11 is 1.90. The minimum absolute atomic E-state index is 0.771. The molecule has 4 aromatic rings. The lowest BCUT2D eigenvalue weighted by Crippen LogP contribution is -2.29. The minimum atomic E-state index is 0.771. The van der Waals surface area contributed by atoms with Crippen LogP contribution in [0.25, 0.3) is 20.5 Å². The van der Waals surface area contributed by atoms with Gasteiger partial charge in [0.2, 0.25) is 0 Å². The summed E-state index contributed by atoms with van der Waals surface area (Å²) in [5, 5.41) is 1.37. The molecule has 1 aliphatic rings. The van der Waals surface area contributed by atoms with Crippen molar-refractivity contribution in [1.29, 1.82) is 0 Å². The van der Waals surface area contributed by atoms with Crippen molar-refractivity contribution < 1.29 is 4.74 Å². The van der Waals surface area contributed by atoms with Crippen LogP contribution in [0.3, 0.4) is 0 Å². The monoisotopic (exact) mass is 441 g/mol. The van der Waals surface area contributed by atoms with Crippen LogP contribution in [0.1, 0.15) is 36.8 Å². The van der Waals surface area contributed by atoms with Crippen LogP contribution in [-0.2, 0) is 6.42 Å². The number of nitrogens with zero attached hydrogens (tertiary/aromatic N) is 1. The molecule has 0 N–H and O–H groups in total. The Morgan fingerprint density at radius 2 is 1.47 bits per heavy atom. The summed E-state index contributed by atoms with van der Waals surface area (Å²) in [5.41, 5.74) is 4.05. The highest BCUT2D eigenvalue weighted by Crippen LogP contribution is 2.39. The van der Waals surface area contributed by atoms with Gasteiger partial charge in [-0.15, -0.1) is 11.3 Å². The fraction of sp³-hybridized carbons (Fsp3) is 0.310. The molecule has 2 nitrogen and oxygen atoms in total. The molecule has 1 aliphatic heterocycles. The Balaban J connectivity index is 1.28. The lowest BCUT2D eigenvalue weighted by molar-refractivity contribution is 0.214. The van der Waals surface area contributed by atoms with Crippen molar-refractivity contribution in [3.8, 4) is 16.2 Å². The minimum Gasteiger partial charge on any atom is -0.492 e. The van der Waals surface area contributed by atoms with Gasteiger partial charge in [0, 0.05) is 16.1 Å². The van der Waals surface area contributed by atoms with E-state index < -0.39 is 0 Å². The van der Waals surface area contributed by atoms with Crippen LogP contribution in [0.2, 0.25) is 0 Å². The molecule has 164 valence electrons. The van der Waals surface area contributed by atoms with Gasteiger partial charge in [-0.05, 0) is 72.6 Å². The van der Waals surface area contributed by atoms with Crippen LogP contribution in [0.4, 0.5) is 0 Å². The quantitative estimate of drug-likeness (QED) is 0.296. The molecule has 1 saturated heterocycles. The Labute approximate surface area is 195 Å². The Morgan fingerprint density at radius 1 is 0.750 bits per heavy atom. The maximum Gasteiger partial charge on any atom is 0.119 e. The lowest BCUT2D eigenvalue weighted by atomic mass is 9.99. The predicted octanol–water partition coefficient (Wildman–Crippen LogP) is 7.41. The third-order valence-corrected chi connectivity index (χ3v) is 7.68. The second-order valence-electron chi connectivity index (χ2n) is 8.70. The van der Waals surface area contributed by atoms with Gasteiger partial charge in [-0.3, -0.25) is 4.90 Å². The lowest BCUT2D eigenvalue weighted by Gasteiger charge is -2.19. The number of hydrogen-bond acceptors (Lipinski definition) is 3. The number of rotatable bonds is 7. The van der Waals surface area contributed by atoms with Gasteiger partial charge in [0.25, 0.3) is 0 Å². The third-order valence-electron chi connectivity index (χ3n) is 6.41. The Bertz CT molecular complexity index is 1130. The molecule has 5 rings (SSSR count). The largest absolute Gasteiger partial charge is 0.492 e. The van der Waals surface area contributed by atoms with E-state index in [1.807, 2.05) is 11.3 Å². The summed E-state index contributed by atoms with van der Waals surface area (Å²) in [7, 11) is 0. The SMILES string of the molecule is c1ccc(-c2sc3ccccc3c2Cc2ccc(OCCN3CCCCCC3)cc2)cc1. The van der Waals surface area contributed by atoms with Crippen molar-refractivity contribution >= 4 is 21.4 Å². The highest BCUT2D eigenvalue weighted by molar-refractivity contribution is 7.22. The number of fused-ring (bicyclic) bond motifs is 1. The topological polar surface area (TPSA) is 12.5 Å². The molecule has 3 aromatic carbocycles. The summed E-state index contributed by atoms with van der Waals surface area (Å²) in [5.74, 6) is 0.974. The van der Waals surface area contributed by atoms with E-state index in [1.165, 1.54) is 70.4 Å².